The maximum absolute atomic E-state index is 11.0. The zero-order chi connectivity index (χ0) is 7.40. The highest BCUT2D eigenvalue weighted by Crippen LogP contribution is 2.10. The first kappa shape index (κ1) is 7.92. The fourth-order valence-electron chi connectivity index (χ4n) is 1.10. The average Bonchev–Trinajstić information content (AvgIpc) is 1.92. The van der Waals surface area contributed by atoms with Gasteiger partial charge in [-0.3, -0.25) is 4.79 Å². The zero-order valence-corrected chi connectivity index (χ0v) is 6.86. The van der Waals surface area contributed by atoms with Crippen molar-refractivity contribution in [3.8, 4) is 0 Å². The molecule has 1 fully saturated rings. The number of nitrogens with one attached hydrogen (secondary N) is 1. The Labute approximate surface area is 66.8 Å². The third kappa shape index (κ3) is 2.21. The lowest BCUT2D eigenvalue weighted by Gasteiger charge is -2.14. The fourth-order valence-corrected chi connectivity index (χ4v) is 1.37. The van der Waals surface area contributed by atoms with Crippen LogP contribution in [0.15, 0.2) is 0 Å². The van der Waals surface area contributed by atoms with E-state index in [-0.39, 0.29) is 11.2 Å². The van der Waals surface area contributed by atoms with E-state index < -0.39 is 0 Å². The summed E-state index contributed by atoms with van der Waals surface area (Å²) >= 11 is 4.16. The van der Waals surface area contributed by atoms with Crippen molar-refractivity contribution in [3.05, 3.63) is 0 Å². The molecule has 10 heavy (non-hydrogen) atoms. The van der Waals surface area contributed by atoms with Crippen molar-refractivity contribution in [2.45, 2.75) is 30.9 Å². The molecule has 1 rings (SSSR count). The molecule has 3 heteroatoms. The summed E-state index contributed by atoms with van der Waals surface area (Å²) in [5, 5.41) is 2.75. The van der Waals surface area contributed by atoms with Crippen molar-refractivity contribution in [1.29, 1.82) is 0 Å². The number of amides is 1. The Balaban J connectivity index is 2.35. The molecule has 1 amide bonds. The van der Waals surface area contributed by atoms with E-state index in [1.165, 1.54) is 6.42 Å². The number of carbonyl (C=O) groups is 1. The van der Waals surface area contributed by atoms with Crippen LogP contribution in [-0.4, -0.2) is 17.7 Å². The predicted octanol–water partition coefficient (Wildman–Crippen LogP) is 0.975. The van der Waals surface area contributed by atoms with E-state index in [1.54, 1.807) is 0 Å². The summed E-state index contributed by atoms with van der Waals surface area (Å²) in [6, 6.07) is 0. The van der Waals surface area contributed by atoms with E-state index in [2.05, 4.69) is 17.9 Å². The van der Waals surface area contributed by atoms with Gasteiger partial charge in [0.2, 0.25) is 5.91 Å². The first-order valence-electron chi connectivity index (χ1n) is 3.76. The van der Waals surface area contributed by atoms with E-state index in [0.717, 1.165) is 25.8 Å². The Morgan fingerprint density at radius 2 is 2.20 bits per heavy atom. The van der Waals surface area contributed by atoms with E-state index in [9.17, 15) is 4.79 Å². The molecule has 1 heterocycles. The first-order chi connectivity index (χ1) is 4.80. The Morgan fingerprint density at radius 3 is 3.00 bits per heavy atom. The van der Waals surface area contributed by atoms with Crippen molar-refractivity contribution in [2.75, 3.05) is 6.54 Å². The minimum Gasteiger partial charge on any atom is -0.355 e. The third-order valence-corrected chi connectivity index (χ3v) is 2.25. The average molecular weight is 159 g/mol. The monoisotopic (exact) mass is 159 g/mol. The molecule has 0 bridgehead atoms. The molecule has 1 aliphatic rings. The standard InChI is InChI=1S/C7H13NOS/c9-7-6(10)4-2-1-3-5-8-7/h6,10H,1-5H2,(H,8,9). The largest absolute Gasteiger partial charge is 0.355 e. The third-order valence-electron chi connectivity index (χ3n) is 1.76. The summed E-state index contributed by atoms with van der Waals surface area (Å²) in [5.74, 6) is 0.100. The van der Waals surface area contributed by atoms with Gasteiger partial charge in [0.25, 0.3) is 0 Å². The van der Waals surface area contributed by atoms with Gasteiger partial charge in [-0.2, -0.15) is 12.6 Å². The van der Waals surface area contributed by atoms with Crippen LogP contribution in [-0.2, 0) is 4.79 Å². The van der Waals surface area contributed by atoms with Gasteiger partial charge >= 0.3 is 0 Å². The summed E-state index contributed by atoms with van der Waals surface area (Å²) in [4.78, 5) is 11.0. The lowest BCUT2D eigenvalue weighted by Crippen LogP contribution is -2.33. The SMILES string of the molecule is O=C1NCCCCCC1S. The van der Waals surface area contributed by atoms with Gasteiger partial charge in [0.05, 0.1) is 5.25 Å². The second kappa shape index (κ2) is 3.86. The Bertz CT molecular complexity index is 127. The molecule has 2 nitrogen and oxygen atoms in total. The van der Waals surface area contributed by atoms with Crippen LogP contribution >= 0.6 is 12.6 Å². The second-order valence-electron chi connectivity index (χ2n) is 2.66. The molecule has 0 radical (unpaired) electrons. The number of thiol groups is 1. The Morgan fingerprint density at radius 1 is 1.40 bits per heavy atom. The Hall–Kier alpha value is -0.180. The molecule has 1 saturated heterocycles. The lowest BCUT2D eigenvalue weighted by molar-refractivity contribution is -0.120. The topological polar surface area (TPSA) is 29.1 Å². The maximum Gasteiger partial charge on any atom is 0.232 e. The molecule has 0 aromatic rings. The van der Waals surface area contributed by atoms with Gasteiger partial charge in [-0.1, -0.05) is 12.8 Å². The highest BCUT2D eigenvalue weighted by atomic mass is 32.1. The van der Waals surface area contributed by atoms with Crippen LogP contribution in [0, 0.1) is 0 Å². The summed E-state index contributed by atoms with van der Waals surface area (Å²) in [6.07, 6.45) is 4.40. The van der Waals surface area contributed by atoms with Gasteiger partial charge in [0, 0.05) is 6.54 Å². The molecular weight excluding hydrogens is 146 g/mol. The minimum absolute atomic E-state index is 0.0692. The normalized spacial score (nSPS) is 28.5. The highest BCUT2D eigenvalue weighted by Gasteiger charge is 2.14. The predicted molar refractivity (Wildman–Crippen MR) is 44.3 cm³/mol. The maximum atomic E-state index is 11.0. The molecule has 1 unspecified atom stereocenters. The van der Waals surface area contributed by atoms with Crippen molar-refractivity contribution in [1.82, 2.24) is 5.32 Å². The number of rotatable bonds is 0. The van der Waals surface area contributed by atoms with Crippen molar-refractivity contribution >= 4 is 18.5 Å². The van der Waals surface area contributed by atoms with Crippen LogP contribution < -0.4 is 5.32 Å². The quantitative estimate of drug-likeness (QED) is 0.507. The van der Waals surface area contributed by atoms with Crippen LogP contribution in [0.4, 0.5) is 0 Å². The van der Waals surface area contributed by atoms with E-state index in [4.69, 9.17) is 0 Å². The summed E-state index contributed by atoms with van der Waals surface area (Å²) in [6.45, 7) is 0.829. The second-order valence-corrected chi connectivity index (χ2v) is 3.28. The lowest BCUT2D eigenvalue weighted by atomic mass is 10.1. The molecule has 0 aromatic carbocycles. The smallest absolute Gasteiger partial charge is 0.232 e. The van der Waals surface area contributed by atoms with Crippen LogP contribution in [0.3, 0.4) is 0 Å². The highest BCUT2D eigenvalue weighted by molar-refractivity contribution is 7.81. The zero-order valence-electron chi connectivity index (χ0n) is 5.97. The van der Waals surface area contributed by atoms with Crippen LogP contribution in [0.2, 0.25) is 0 Å². The fraction of sp³-hybridized carbons (Fsp3) is 0.857. The summed E-state index contributed by atoms with van der Waals surface area (Å²) in [7, 11) is 0. The van der Waals surface area contributed by atoms with Crippen LogP contribution in [0.1, 0.15) is 25.7 Å². The van der Waals surface area contributed by atoms with Gasteiger partial charge in [-0.15, -0.1) is 0 Å². The minimum atomic E-state index is -0.0692. The summed E-state index contributed by atoms with van der Waals surface area (Å²) in [5.41, 5.74) is 0. The van der Waals surface area contributed by atoms with Crippen LogP contribution in [0.25, 0.3) is 0 Å². The van der Waals surface area contributed by atoms with E-state index in [0.29, 0.717) is 0 Å². The van der Waals surface area contributed by atoms with Crippen molar-refractivity contribution < 1.29 is 4.79 Å². The first-order valence-corrected chi connectivity index (χ1v) is 4.28. The number of hydrogen-bond donors (Lipinski definition) is 2. The molecule has 0 saturated carbocycles. The van der Waals surface area contributed by atoms with Crippen molar-refractivity contribution in [2.24, 2.45) is 0 Å². The molecule has 0 aliphatic carbocycles. The molecule has 0 aromatic heterocycles. The number of carbonyl (C=O) groups excluding carboxylic acids is 1. The molecule has 58 valence electrons. The van der Waals surface area contributed by atoms with Crippen LogP contribution in [0.5, 0.6) is 0 Å². The molecule has 0 spiro atoms. The Kier molecular flexibility index (Phi) is 3.06. The van der Waals surface area contributed by atoms with Crippen molar-refractivity contribution in [3.63, 3.8) is 0 Å². The molecule has 1 atom stereocenters. The molecular formula is C7H13NOS. The van der Waals surface area contributed by atoms with Gasteiger partial charge in [-0.25, -0.2) is 0 Å². The van der Waals surface area contributed by atoms with Gasteiger partial charge in [-0.05, 0) is 12.8 Å². The van der Waals surface area contributed by atoms with E-state index in [1.807, 2.05) is 0 Å². The summed E-state index contributed by atoms with van der Waals surface area (Å²) < 4.78 is 0. The van der Waals surface area contributed by atoms with Gasteiger partial charge in [0.15, 0.2) is 0 Å². The van der Waals surface area contributed by atoms with Gasteiger partial charge in [0.1, 0.15) is 0 Å². The number of hydrogen-bond acceptors (Lipinski definition) is 2. The van der Waals surface area contributed by atoms with E-state index >= 15 is 0 Å². The van der Waals surface area contributed by atoms with Gasteiger partial charge < -0.3 is 5.32 Å². The molecule has 1 N–H and O–H groups in total. The molecule has 1 aliphatic heterocycles.